The van der Waals surface area contributed by atoms with E-state index >= 15 is 0 Å². The van der Waals surface area contributed by atoms with Gasteiger partial charge >= 0.3 is 0 Å². The Labute approximate surface area is 94.5 Å². The Morgan fingerprint density at radius 3 is 2.73 bits per heavy atom. The molecule has 2 aliphatic rings. The van der Waals surface area contributed by atoms with Crippen LogP contribution in [0.4, 0.5) is 0 Å². The third-order valence-electron chi connectivity index (χ3n) is 4.61. The molecule has 2 rings (SSSR count). The smallest absolute Gasteiger partial charge is 0.0141 e. The molecule has 1 saturated carbocycles. The molecule has 0 radical (unpaired) electrons. The molecule has 0 aromatic rings. The predicted octanol–water partition coefficient (Wildman–Crippen LogP) is 4.87. The zero-order chi connectivity index (χ0) is 11.1. The number of hydrogen-bond acceptors (Lipinski definition) is 0. The maximum Gasteiger partial charge on any atom is -0.0141 e. The summed E-state index contributed by atoms with van der Waals surface area (Å²) in [7, 11) is 0. The number of rotatable bonds is 0. The third kappa shape index (κ3) is 1.91. The average molecular weight is 204 g/mol. The van der Waals surface area contributed by atoms with Crippen LogP contribution in [0.5, 0.6) is 0 Å². The van der Waals surface area contributed by atoms with Crippen LogP contribution < -0.4 is 0 Å². The van der Waals surface area contributed by atoms with Gasteiger partial charge in [0, 0.05) is 0 Å². The molecule has 1 fully saturated rings. The number of allylic oxidation sites excluding steroid dienone is 4. The van der Waals surface area contributed by atoms with Crippen molar-refractivity contribution in [3.8, 4) is 0 Å². The summed E-state index contributed by atoms with van der Waals surface area (Å²) in [5, 5.41) is 0. The molecular weight excluding hydrogens is 180 g/mol. The summed E-state index contributed by atoms with van der Waals surface area (Å²) in [6.07, 6.45) is 9.27. The molecule has 0 N–H and O–H groups in total. The van der Waals surface area contributed by atoms with E-state index in [2.05, 4.69) is 33.8 Å². The van der Waals surface area contributed by atoms with Crippen molar-refractivity contribution in [3.05, 3.63) is 22.8 Å². The lowest BCUT2D eigenvalue weighted by Crippen LogP contribution is -2.21. The van der Waals surface area contributed by atoms with Gasteiger partial charge in [-0.1, -0.05) is 29.7 Å². The van der Waals surface area contributed by atoms with Crippen LogP contribution in [0.1, 0.15) is 59.8 Å². The van der Waals surface area contributed by atoms with Gasteiger partial charge in [0.25, 0.3) is 0 Å². The minimum atomic E-state index is 0.574. The van der Waals surface area contributed by atoms with Crippen LogP contribution in [-0.2, 0) is 0 Å². The molecule has 0 aromatic heterocycles. The molecule has 0 spiro atoms. The number of hydrogen-bond donors (Lipinski definition) is 0. The summed E-state index contributed by atoms with van der Waals surface area (Å²) in [4.78, 5) is 0. The topological polar surface area (TPSA) is 0 Å². The van der Waals surface area contributed by atoms with E-state index in [1.54, 1.807) is 16.7 Å². The van der Waals surface area contributed by atoms with Gasteiger partial charge in [0.05, 0.1) is 0 Å². The zero-order valence-electron chi connectivity index (χ0n) is 10.7. The zero-order valence-corrected chi connectivity index (χ0v) is 10.7. The fourth-order valence-corrected chi connectivity index (χ4v) is 3.44. The Kier molecular flexibility index (Phi) is 2.79. The summed E-state index contributed by atoms with van der Waals surface area (Å²) < 4.78 is 0. The van der Waals surface area contributed by atoms with Gasteiger partial charge in [-0.25, -0.2) is 0 Å². The van der Waals surface area contributed by atoms with E-state index in [4.69, 9.17) is 0 Å². The van der Waals surface area contributed by atoms with Gasteiger partial charge in [0.1, 0.15) is 0 Å². The van der Waals surface area contributed by atoms with Gasteiger partial charge in [0.2, 0.25) is 0 Å². The second-order valence-electron chi connectivity index (χ2n) is 6.03. The second-order valence-corrected chi connectivity index (χ2v) is 6.03. The van der Waals surface area contributed by atoms with Gasteiger partial charge in [-0.2, -0.15) is 0 Å². The maximum atomic E-state index is 2.50. The van der Waals surface area contributed by atoms with Crippen molar-refractivity contribution >= 4 is 0 Å². The molecular formula is C15H24. The van der Waals surface area contributed by atoms with E-state index in [-0.39, 0.29) is 0 Å². The average Bonchev–Trinajstić information content (AvgIpc) is 2.43. The van der Waals surface area contributed by atoms with Crippen molar-refractivity contribution in [2.75, 3.05) is 0 Å². The van der Waals surface area contributed by atoms with Crippen LogP contribution in [0.3, 0.4) is 0 Å². The minimum absolute atomic E-state index is 0.574. The number of fused-ring (bicyclic) bond motifs is 1. The molecule has 2 aliphatic carbocycles. The fraction of sp³-hybridized carbons (Fsp3) is 0.733. The highest BCUT2D eigenvalue weighted by atomic mass is 14.5. The molecule has 0 aromatic carbocycles. The molecule has 0 nitrogen and oxygen atoms in total. The monoisotopic (exact) mass is 204 g/mol. The molecule has 0 bridgehead atoms. The largest absolute Gasteiger partial charge is 0.0850 e. The maximum absolute atomic E-state index is 2.50. The lowest BCUT2D eigenvalue weighted by molar-refractivity contribution is 0.246. The van der Waals surface area contributed by atoms with E-state index in [9.17, 15) is 0 Å². The molecule has 84 valence electrons. The first-order valence-electron chi connectivity index (χ1n) is 6.35. The highest BCUT2D eigenvalue weighted by Gasteiger charge is 2.41. The highest BCUT2D eigenvalue weighted by molar-refractivity contribution is 5.24. The Bertz CT molecular complexity index is 315. The molecule has 2 atom stereocenters. The van der Waals surface area contributed by atoms with Gasteiger partial charge in [-0.3, -0.25) is 0 Å². The predicted molar refractivity (Wildman–Crippen MR) is 66.8 cm³/mol. The Hall–Kier alpha value is -0.520. The SMILES string of the molecule is CC1=CC[C@]2(C)CCC(=C(C)C)[C@H]2CC1. The Morgan fingerprint density at radius 1 is 1.33 bits per heavy atom. The molecule has 0 unspecified atom stereocenters. The van der Waals surface area contributed by atoms with Crippen molar-refractivity contribution in [2.45, 2.75) is 59.8 Å². The molecule has 0 saturated heterocycles. The van der Waals surface area contributed by atoms with E-state index < -0.39 is 0 Å². The van der Waals surface area contributed by atoms with Crippen molar-refractivity contribution in [1.29, 1.82) is 0 Å². The highest BCUT2D eigenvalue weighted by Crippen LogP contribution is 2.53. The van der Waals surface area contributed by atoms with Crippen LogP contribution in [0.25, 0.3) is 0 Å². The quantitative estimate of drug-likeness (QED) is 0.494. The van der Waals surface area contributed by atoms with Gasteiger partial charge in [0.15, 0.2) is 0 Å². The Morgan fingerprint density at radius 2 is 2.07 bits per heavy atom. The summed E-state index contributed by atoms with van der Waals surface area (Å²) in [5.41, 5.74) is 5.55. The van der Waals surface area contributed by atoms with Crippen LogP contribution in [-0.4, -0.2) is 0 Å². The lowest BCUT2D eigenvalue weighted by atomic mass is 9.74. The van der Waals surface area contributed by atoms with Crippen molar-refractivity contribution in [3.63, 3.8) is 0 Å². The summed E-state index contributed by atoms with van der Waals surface area (Å²) in [6, 6.07) is 0. The first-order chi connectivity index (χ1) is 7.03. The van der Waals surface area contributed by atoms with E-state index in [1.165, 1.54) is 32.1 Å². The lowest BCUT2D eigenvalue weighted by Gasteiger charge is -2.30. The van der Waals surface area contributed by atoms with E-state index in [0.717, 1.165) is 5.92 Å². The molecule has 0 heteroatoms. The van der Waals surface area contributed by atoms with E-state index in [1.807, 2.05) is 0 Å². The summed E-state index contributed by atoms with van der Waals surface area (Å²) in [6.45, 7) is 9.40. The first-order valence-corrected chi connectivity index (χ1v) is 6.35. The normalized spacial score (nSPS) is 35.9. The molecule has 15 heavy (non-hydrogen) atoms. The molecule has 0 amide bonds. The second kappa shape index (κ2) is 3.81. The van der Waals surface area contributed by atoms with Gasteiger partial charge < -0.3 is 0 Å². The van der Waals surface area contributed by atoms with Crippen LogP contribution in [0, 0.1) is 11.3 Å². The van der Waals surface area contributed by atoms with Crippen molar-refractivity contribution in [2.24, 2.45) is 11.3 Å². The Balaban J connectivity index is 2.30. The first kappa shape index (κ1) is 11.0. The van der Waals surface area contributed by atoms with Crippen LogP contribution in [0.15, 0.2) is 22.8 Å². The molecule has 0 heterocycles. The fourth-order valence-electron chi connectivity index (χ4n) is 3.44. The van der Waals surface area contributed by atoms with Gasteiger partial charge in [-0.15, -0.1) is 0 Å². The summed E-state index contributed by atoms with van der Waals surface area (Å²) >= 11 is 0. The van der Waals surface area contributed by atoms with Gasteiger partial charge in [-0.05, 0) is 64.2 Å². The van der Waals surface area contributed by atoms with Crippen LogP contribution in [0.2, 0.25) is 0 Å². The van der Waals surface area contributed by atoms with Crippen molar-refractivity contribution < 1.29 is 0 Å². The third-order valence-corrected chi connectivity index (χ3v) is 4.61. The van der Waals surface area contributed by atoms with Crippen LogP contribution >= 0.6 is 0 Å². The molecule has 0 aliphatic heterocycles. The van der Waals surface area contributed by atoms with E-state index in [0.29, 0.717) is 5.41 Å². The standard InChI is InChI=1S/C15H24/c1-11(2)13-8-10-15(4)9-7-12(3)5-6-14(13)15/h7,14H,5-6,8-10H2,1-4H3/t14-,15-/m1/s1. The van der Waals surface area contributed by atoms with Crippen molar-refractivity contribution in [1.82, 2.24) is 0 Å². The summed E-state index contributed by atoms with van der Waals surface area (Å²) in [5.74, 6) is 0.871. The minimum Gasteiger partial charge on any atom is -0.0850 e.